The number of hydrogen-bond acceptors (Lipinski definition) is 4. The number of hydrogen-bond donors (Lipinski definition) is 2. The van der Waals surface area contributed by atoms with Gasteiger partial charge < -0.3 is 25.0 Å². The number of nitrogens with zero attached hydrogens (tertiary/aromatic N) is 2. The van der Waals surface area contributed by atoms with Crippen molar-refractivity contribution < 1.29 is 9.47 Å². The van der Waals surface area contributed by atoms with E-state index >= 15 is 0 Å². The van der Waals surface area contributed by atoms with Crippen LogP contribution < -0.4 is 20.1 Å². The van der Waals surface area contributed by atoms with E-state index in [4.69, 9.17) is 9.47 Å². The lowest BCUT2D eigenvalue weighted by Gasteiger charge is -2.23. The van der Waals surface area contributed by atoms with Gasteiger partial charge in [-0.05, 0) is 59.4 Å². The number of ether oxygens (including phenoxy) is 2. The maximum absolute atomic E-state index is 5.72. The molecule has 0 saturated carbocycles. The van der Waals surface area contributed by atoms with Gasteiger partial charge in [0.05, 0.1) is 19.3 Å². The summed E-state index contributed by atoms with van der Waals surface area (Å²) in [6, 6.07) is 6.69. The summed E-state index contributed by atoms with van der Waals surface area (Å²) in [6.45, 7) is 13.5. The fourth-order valence-corrected chi connectivity index (χ4v) is 2.43. The second-order valence-electron chi connectivity index (χ2n) is 6.51. The summed E-state index contributed by atoms with van der Waals surface area (Å²) in [5.74, 6) is 2.35. The standard InChI is InChI=1S/C20H36N4O2/c1-8-25-18-11-10-17(14-19(18)26-9-2)16(5)23-20(21-6)22-12-13-24(7)15(3)4/h10-11,14-16H,8-9,12-13H2,1-7H3,(H2,21,22,23). The first kappa shape index (κ1) is 22.1. The van der Waals surface area contributed by atoms with E-state index in [-0.39, 0.29) is 6.04 Å². The van der Waals surface area contributed by atoms with Crippen LogP contribution in [0.3, 0.4) is 0 Å². The SMILES string of the molecule is CCOc1ccc(C(C)NC(=NC)NCCN(C)C(C)C)cc1OCC. The smallest absolute Gasteiger partial charge is 0.191 e. The minimum Gasteiger partial charge on any atom is -0.490 e. The highest BCUT2D eigenvalue weighted by molar-refractivity contribution is 5.80. The van der Waals surface area contributed by atoms with Crippen LogP contribution >= 0.6 is 0 Å². The van der Waals surface area contributed by atoms with Gasteiger partial charge in [-0.3, -0.25) is 4.99 Å². The summed E-state index contributed by atoms with van der Waals surface area (Å²) in [5, 5.41) is 6.80. The first-order valence-corrected chi connectivity index (χ1v) is 9.49. The Morgan fingerprint density at radius 1 is 1.12 bits per heavy atom. The zero-order valence-electron chi connectivity index (χ0n) is 17.4. The molecule has 1 atom stereocenters. The molecule has 0 aliphatic rings. The maximum atomic E-state index is 5.72. The van der Waals surface area contributed by atoms with Crippen molar-refractivity contribution in [3.63, 3.8) is 0 Å². The van der Waals surface area contributed by atoms with Crippen molar-refractivity contribution in [1.29, 1.82) is 0 Å². The third-order valence-corrected chi connectivity index (χ3v) is 4.28. The van der Waals surface area contributed by atoms with E-state index in [1.165, 1.54) is 0 Å². The zero-order valence-corrected chi connectivity index (χ0v) is 17.4. The molecule has 1 rings (SSSR count). The van der Waals surface area contributed by atoms with Crippen LogP contribution in [-0.4, -0.2) is 57.3 Å². The Morgan fingerprint density at radius 3 is 2.35 bits per heavy atom. The van der Waals surface area contributed by atoms with Gasteiger partial charge in [0, 0.05) is 26.2 Å². The Bertz CT molecular complexity index is 561. The topological polar surface area (TPSA) is 58.1 Å². The Morgan fingerprint density at radius 2 is 1.77 bits per heavy atom. The summed E-state index contributed by atoms with van der Waals surface area (Å²) in [6.07, 6.45) is 0. The van der Waals surface area contributed by atoms with Gasteiger partial charge in [-0.1, -0.05) is 6.07 Å². The normalized spacial score (nSPS) is 13.0. The van der Waals surface area contributed by atoms with Crippen molar-refractivity contribution in [2.24, 2.45) is 4.99 Å². The summed E-state index contributed by atoms with van der Waals surface area (Å²) in [7, 11) is 3.92. The molecule has 1 aromatic carbocycles. The van der Waals surface area contributed by atoms with Crippen LogP contribution in [-0.2, 0) is 0 Å². The van der Waals surface area contributed by atoms with Crippen molar-refractivity contribution in [1.82, 2.24) is 15.5 Å². The number of benzene rings is 1. The fraction of sp³-hybridized carbons (Fsp3) is 0.650. The second kappa shape index (κ2) is 11.6. The van der Waals surface area contributed by atoms with E-state index in [1.807, 2.05) is 26.0 Å². The average molecular weight is 365 g/mol. The molecule has 0 bridgehead atoms. The predicted molar refractivity (Wildman–Crippen MR) is 109 cm³/mol. The fourth-order valence-electron chi connectivity index (χ4n) is 2.43. The number of guanidine groups is 1. The largest absolute Gasteiger partial charge is 0.490 e. The van der Waals surface area contributed by atoms with Crippen molar-refractivity contribution in [3.8, 4) is 11.5 Å². The van der Waals surface area contributed by atoms with Crippen LogP contribution in [0.1, 0.15) is 46.2 Å². The molecule has 0 aromatic heterocycles. The van der Waals surface area contributed by atoms with E-state index in [9.17, 15) is 0 Å². The molecule has 1 unspecified atom stereocenters. The van der Waals surface area contributed by atoms with Crippen molar-refractivity contribution in [2.45, 2.75) is 46.7 Å². The highest BCUT2D eigenvalue weighted by Crippen LogP contribution is 2.30. The minimum atomic E-state index is 0.0962. The van der Waals surface area contributed by atoms with Crippen LogP contribution in [0.5, 0.6) is 11.5 Å². The Balaban J connectivity index is 2.69. The third-order valence-electron chi connectivity index (χ3n) is 4.28. The van der Waals surface area contributed by atoms with E-state index in [0.29, 0.717) is 19.3 Å². The highest BCUT2D eigenvalue weighted by Gasteiger charge is 2.12. The Hall–Kier alpha value is -1.95. The zero-order chi connectivity index (χ0) is 19.5. The van der Waals surface area contributed by atoms with Crippen LogP contribution in [0.25, 0.3) is 0 Å². The molecule has 6 heteroatoms. The van der Waals surface area contributed by atoms with Gasteiger partial charge in [0.1, 0.15) is 0 Å². The molecule has 0 aliphatic carbocycles. The molecule has 1 aromatic rings. The van der Waals surface area contributed by atoms with Crippen LogP contribution in [0, 0.1) is 0 Å². The number of likely N-dealkylation sites (N-methyl/N-ethyl adjacent to an activating group) is 1. The molecule has 2 N–H and O–H groups in total. The summed E-state index contributed by atoms with van der Waals surface area (Å²) in [5.41, 5.74) is 1.12. The van der Waals surface area contributed by atoms with Crippen LogP contribution in [0.4, 0.5) is 0 Å². The van der Waals surface area contributed by atoms with Gasteiger partial charge in [0.25, 0.3) is 0 Å². The number of nitrogens with one attached hydrogen (secondary N) is 2. The van der Waals surface area contributed by atoms with E-state index in [1.54, 1.807) is 7.05 Å². The first-order valence-electron chi connectivity index (χ1n) is 9.49. The Labute approximate surface area is 159 Å². The molecule has 0 fully saturated rings. The van der Waals surface area contributed by atoms with Gasteiger partial charge in [-0.2, -0.15) is 0 Å². The average Bonchev–Trinajstić information content (AvgIpc) is 2.62. The molecule has 6 nitrogen and oxygen atoms in total. The molecule has 0 saturated heterocycles. The van der Waals surface area contributed by atoms with Gasteiger partial charge in [-0.15, -0.1) is 0 Å². The van der Waals surface area contributed by atoms with Gasteiger partial charge >= 0.3 is 0 Å². The molecule has 26 heavy (non-hydrogen) atoms. The minimum absolute atomic E-state index is 0.0962. The molecule has 148 valence electrons. The van der Waals surface area contributed by atoms with Crippen molar-refractivity contribution in [3.05, 3.63) is 23.8 Å². The second-order valence-corrected chi connectivity index (χ2v) is 6.51. The van der Waals surface area contributed by atoms with E-state index in [2.05, 4.69) is 54.4 Å². The molecule has 0 heterocycles. The van der Waals surface area contributed by atoms with Gasteiger partial charge in [-0.25, -0.2) is 0 Å². The molecule has 0 radical (unpaired) electrons. The first-order chi connectivity index (χ1) is 12.4. The van der Waals surface area contributed by atoms with Crippen molar-refractivity contribution in [2.75, 3.05) is 40.4 Å². The quantitative estimate of drug-likeness (QED) is 0.494. The molecule has 0 amide bonds. The summed E-state index contributed by atoms with van der Waals surface area (Å²) in [4.78, 5) is 6.62. The van der Waals surface area contributed by atoms with Crippen LogP contribution in [0.15, 0.2) is 23.2 Å². The van der Waals surface area contributed by atoms with Crippen LogP contribution in [0.2, 0.25) is 0 Å². The van der Waals surface area contributed by atoms with E-state index in [0.717, 1.165) is 36.1 Å². The van der Waals surface area contributed by atoms with Gasteiger partial charge in [0.15, 0.2) is 17.5 Å². The molecule has 0 spiro atoms. The molecular weight excluding hydrogens is 328 g/mol. The highest BCUT2D eigenvalue weighted by atomic mass is 16.5. The Kier molecular flexibility index (Phi) is 9.88. The third kappa shape index (κ3) is 7.12. The summed E-state index contributed by atoms with van der Waals surface area (Å²) >= 11 is 0. The lowest BCUT2D eigenvalue weighted by atomic mass is 10.1. The summed E-state index contributed by atoms with van der Waals surface area (Å²) < 4.78 is 11.4. The monoisotopic (exact) mass is 364 g/mol. The number of rotatable bonds is 10. The van der Waals surface area contributed by atoms with Crippen molar-refractivity contribution >= 4 is 5.96 Å². The lowest BCUT2D eigenvalue weighted by Crippen LogP contribution is -2.42. The predicted octanol–water partition coefficient (Wildman–Crippen LogP) is 3.05. The van der Waals surface area contributed by atoms with E-state index < -0.39 is 0 Å². The number of aliphatic imine (C=N–C) groups is 1. The lowest BCUT2D eigenvalue weighted by molar-refractivity contribution is 0.278. The maximum Gasteiger partial charge on any atom is 0.191 e. The molecular formula is C20H36N4O2. The molecule has 0 aliphatic heterocycles. The van der Waals surface area contributed by atoms with Gasteiger partial charge in [0.2, 0.25) is 0 Å².